The van der Waals surface area contributed by atoms with E-state index in [0.29, 0.717) is 51.9 Å². The number of hydrogen-bond acceptors (Lipinski definition) is 7. The van der Waals surface area contributed by atoms with Crippen LogP contribution in [-0.2, 0) is 9.59 Å². The van der Waals surface area contributed by atoms with Crippen LogP contribution >= 0.6 is 12.2 Å². The Morgan fingerprint density at radius 2 is 1.78 bits per heavy atom. The summed E-state index contributed by atoms with van der Waals surface area (Å²) in [6, 6.07) is 9.58. The largest absolute Gasteiger partial charge is 0.508 e. The number of benzene rings is 2. The van der Waals surface area contributed by atoms with E-state index in [9.17, 15) is 24.6 Å². The molecule has 0 spiro atoms. The fraction of sp³-hybridized carbons (Fsp3) is 0.333. The lowest BCUT2D eigenvalue weighted by atomic mass is 9.82. The molecule has 2 aliphatic rings. The molecule has 11 heteroatoms. The average molecular weight is 579 g/mol. The van der Waals surface area contributed by atoms with Crippen molar-refractivity contribution in [1.29, 1.82) is 0 Å². The fourth-order valence-electron chi connectivity index (χ4n) is 4.89. The number of carboxylic acid groups (broad SMARTS) is 1. The van der Waals surface area contributed by atoms with Crippen LogP contribution in [-0.4, -0.2) is 77.2 Å². The molecule has 2 aromatic carbocycles. The predicted octanol–water partition coefficient (Wildman–Crippen LogP) is 3.32. The van der Waals surface area contributed by atoms with Gasteiger partial charge in [-0.15, -0.1) is 0 Å². The Balaban J connectivity index is 1.48. The Labute approximate surface area is 244 Å². The molecule has 0 fully saturated rings. The number of allylic oxidation sites excluding steroid dienone is 1. The number of anilines is 1. The molecule has 1 atom stereocenters. The van der Waals surface area contributed by atoms with Crippen LogP contribution in [0.1, 0.15) is 47.7 Å². The minimum Gasteiger partial charge on any atom is -0.508 e. The highest BCUT2D eigenvalue weighted by Crippen LogP contribution is 2.44. The molecule has 5 N–H and O–H groups in total. The van der Waals surface area contributed by atoms with Crippen LogP contribution in [0.4, 0.5) is 5.69 Å². The van der Waals surface area contributed by atoms with Crippen molar-refractivity contribution in [3.8, 4) is 11.5 Å². The third-order valence-electron chi connectivity index (χ3n) is 6.84. The van der Waals surface area contributed by atoms with E-state index in [0.717, 1.165) is 25.9 Å². The Kier molecular flexibility index (Phi) is 9.74. The SMILES string of the molecule is CC(=O)NCCCN(C)CCCNC(=S)Nc1ccc(C(=O)O)c(C2=C3C=CC(=O)CC3Oc3cc(O)ccc32)c1. The first-order valence-electron chi connectivity index (χ1n) is 13.4. The van der Waals surface area contributed by atoms with Crippen LogP contribution in [0.25, 0.3) is 5.57 Å². The predicted molar refractivity (Wildman–Crippen MR) is 160 cm³/mol. The zero-order valence-electron chi connectivity index (χ0n) is 23.0. The van der Waals surface area contributed by atoms with Crippen molar-refractivity contribution >= 4 is 46.3 Å². The number of fused-ring (bicyclic) bond motifs is 2. The monoisotopic (exact) mass is 578 g/mol. The minimum atomic E-state index is -1.10. The summed E-state index contributed by atoms with van der Waals surface area (Å²) in [5.41, 5.74) is 3.08. The number of nitrogens with zero attached hydrogens (tertiary/aromatic N) is 1. The number of carbonyl (C=O) groups excluding carboxylic acids is 2. The minimum absolute atomic E-state index is 0.00529. The Morgan fingerprint density at radius 3 is 2.49 bits per heavy atom. The number of thiocarbonyl (C=S) groups is 1. The summed E-state index contributed by atoms with van der Waals surface area (Å²) in [7, 11) is 2.03. The zero-order valence-corrected chi connectivity index (χ0v) is 23.8. The van der Waals surface area contributed by atoms with Gasteiger partial charge in [-0.1, -0.05) is 6.08 Å². The number of phenolic OH excluding ortho intramolecular Hbond substituents is 1. The first kappa shape index (κ1) is 29.8. The second kappa shape index (κ2) is 13.4. The summed E-state index contributed by atoms with van der Waals surface area (Å²) >= 11 is 5.49. The highest BCUT2D eigenvalue weighted by molar-refractivity contribution is 7.80. The van der Waals surface area contributed by atoms with E-state index in [1.54, 1.807) is 24.3 Å². The standard InChI is InChI=1S/C30H34N4O6S/c1-18(35)31-11-3-13-34(2)14-4-12-32-30(41)33-19-5-8-22(29(38)39)25(15-19)28-23-9-6-20(36)16-26(23)40-27-17-21(37)7-10-24(27)28/h5-10,15-16,27,36H,3-4,11-14,17H2,1-2H3,(H,31,35)(H,38,39)(H2,32,33,41). The Morgan fingerprint density at radius 1 is 1.05 bits per heavy atom. The van der Waals surface area contributed by atoms with Crippen molar-refractivity contribution in [2.24, 2.45) is 0 Å². The van der Waals surface area contributed by atoms with Gasteiger partial charge in [0, 0.05) is 48.5 Å². The summed E-state index contributed by atoms with van der Waals surface area (Å²) in [5.74, 6) is -0.831. The number of hydrogen-bond donors (Lipinski definition) is 5. The molecule has 0 saturated carbocycles. The molecular weight excluding hydrogens is 544 g/mol. The number of ketones is 1. The number of rotatable bonds is 11. The number of aromatic hydroxyl groups is 1. The van der Waals surface area contributed by atoms with E-state index < -0.39 is 12.1 Å². The highest BCUT2D eigenvalue weighted by Gasteiger charge is 2.33. The molecule has 4 rings (SSSR count). The molecule has 2 aromatic rings. The van der Waals surface area contributed by atoms with Gasteiger partial charge in [-0.2, -0.15) is 0 Å². The number of nitrogens with one attached hydrogen (secondary N) is 3. The van der Waals surface area contributed by atoms with Crippen LogP contribution in [0.15, 0.2) is 54.1 Å². The molecule has 41 heavy (non-hydrogen) atoms. The van der Waals surface area contributed by atoms with E-state index in [4.69, 9.17) is 17.0 Å². The number of phenols is 1. The van der Waals surface area contributed by atoms with Crippen molar-refractivity contribution in [3.63, 3.8) is 0 Å². The number of carboxylic acids is 1. The van der Waals surface area contributed by atoms with Gasteiger partial charge in [0.05, 0.1) is 12.0 Å². The smallest absolute Gasteiger partial charge is 0.336 e. The molecule has 216 valence electrons. The van der Waals surface area contributed by atoms with Crippen LogP contribution in [0.5, 0.6) is 11.5 Å². The van der Waals surface area contributed by atoms with Gasteiger partial charge in [-0.25, -0.2) is 4.79 Å². The fourth-order valence-corrected chi connectivity index (χ4v) is 5.11. The highest BCUT2D eigenvalue weighted by atomic mass is 32.1. The lowest BCUT2D eigenvalue weighted by Crippen LogP contribution is -2.32. The van der Waals surface area contributed by atoms with E-state index in [1.165, 1.54) is 31.2 Å². The lowest BCUT2D eigenvalue weighted by Gasteiger charge is -2.32. The van der Waals surface area contributed by atoms with Crippen molar-refractivity contribution in [1.82, 2.24) is 15.5 Å². The lowest BCUT2D eigenvalue weighted by molar-refractivity contribution is -0.119. The molecule has 1 aliphatic carbocycles. The van der Waals surface area contributed by atoms with Crippen molar-refractivity contribution < 1.29 is 29.3 Å². The van der Waals surface area contributed by atoms with Crippen LogP contribution < -0.4 is 20.7 Å². The zero-order chi connectivity index (χ0) is 29.5. The van der Waals surface area contributed by atoms with Crippen LogP contribution in [0.3, 0.4) is 0 Å². The van der Waals surface area contributed by atoms with Gasteiger partial charge in [0.2, 0.25) is 5.91 Å². The first-order valence-corrected chi connectivity index (χ1v) is 13.8. The van der Waals surface area contributed by atoms with Gasteiger partial charge >= 0.3 is 5.97 Å². The second-order valence-corrected chi connectivity index (χ2v) is 10.5. The van der Waals surface area contributed by atoms with Gasteiger partial charge in [-0.3, -0.25) is 9.59 Å². The summed E-state index contributed by atoms with van der Waals surface area (Å²) in [5, 5.41) is 29.6. The first-order chi connectivity index (χ1) is 19.6. The third kappa shape index (κ3) is 7.71. The molecule has 0 radical (unpaired) electrons. The van der Waals surface area contributed by atoms with E-state index in [-0.39, 0.29) is 29.4 Å². The Hall–Kier alpha value is -4.22. The topological polar surface area (TPSA) is 140 Å². The number of amides is 1. The van der Waals surface area contributed by atoms with Crippen LogP contribution in [0.2, 0.25) is 0 Å². The third-order valence-corrected chi connectivity index (χ3v) is 7.09. The van der Waals surface area contributed by atoms with E-state index in [2.05, 4.69) is 20.9 Å². The summed E-state index contributed by atoms with van der Waals surface area (Å²) < 4.78 is 6.04. The molecule has 10 nitrogen and oxygen atoms in total. The maximum absolute atomic E-state index is 12.3. The van der Waals surface area contributed by atoms with Gasteiger partial charge < -0.3 is 35.8 Å². The maximum Gasteiger partial charge on any atom is 0.336 e. The summed E-state index contributed by atoms with van der Waals surface area (Å²) in [4.78, 5) is 37.6. The molecule has 0 saturated heterocycles. The van der Waals surface area contributed by atoms with Gasteiger partial charge in [0.15, 0.2) is 10.9 Å². The molecule has 1 amide bonds. The van der Waals surface area contributed by atoms with E-state index in [1.807, 2.05) is 7.05 Å². The number of ether oxygens (including phenoxy) is 1. The maximum atomic E-state index is 12.3. The molecule has 1 heterocycles. The Bertz CT molecular complexity index is 1420. The number of carbonyl (C=O) groups is 3. The van der Waals surface area contributed by atoms with Crippen molar-refractivity contribution in [2.45, 2.75) is 32.3 Å². The molecular formula is C30H34N4O6S. The van der Waals surface area contributed by atoms with Crippen LogP contribution in [0, 0.1) is 0 Å². The number of aromatic carboxylic acids is 1. The average Bonchev–Trinajstić information content (AvgIpc) is 2.91. The van der Waals surface area contributed by atoms with Gasteiger partial charge in [0.25, 0.3) is 0 Å². The van der Waals surface area contributed by atoms with Gasteiger partial charge in [-0.05, 0) is 87.2 Å². The molecule has 0 aromatic heterocycles. The molecule has 0 bridgehead atoms. The molecule has 1 unspecified atom stereocenters. The second-order valence-electron chi connectivity index (χ2n) is 10.1. The van der Waals surface area contributed by atoms with Crippen molar-refractivity contribution in [3.05, 3.63) is 70.8 Å². The van der Waals surface area contributed by atoms with Crippen molar-refractivity contribution in [2.75, 3.05) is 38.5 Å². The normalized spacial score (nSPS) is 15.6. The van der Waals surface area contributed by atoms with E-state index >= 15 is 0 Å². The molecule has 1 aliphatic heterocycles. The van der Waals surface area contributed by atoms with Gasteiger partial charge in [0.1, 0.15) is 17.6 Å². The summed E-state index contributed by atoms with van der Waals surface area (Å²) in [6.45, 7) is 4.54. The summed E-state index contributed by atoms with van der Waals surface area (Å²) in [6.07, 6.45) is 4.40. The quantitative estimate of drug-likeness (QED) is 0.199.